The molecule has 2 heterocycles. The number of hydrogen-bond donors (Lipinski definition) is 0. The van der Waals surface area contributed by atoms with E-state index >= 15 is 0 Å². The molecule has 2 nitrogen and oxygen atoms in total. The highest BCUT2D eigenvalue weighted by atomic mass is 16.3. The molecule has 0 saturated heterocycles. The molecular formula is C42H27NO. The highest BCUT2D eigenvalue weighted by Gasteiger charge is 2.47. The van der Waals surface area contributed by atoms with E-state index in [9.17, 15) is 0 Å². The van der Waals surface area contributed by atoms with Crippen molar-refractivity contribution in [2.24, 2.45) is 0 Å². The van der Waals surface area contributed by atoms with Crippen LogP contribution in [-0.4, -0.2) is 4.98 Å². The Morgan fingerprint density at radius 2 is 1.07 bits per heavy atom. The Morgan fingerprint density at radius 3 is 1.80 bits per heavy atom. The van der Waals surface area contributed by atoms with Gasteiger partial charge in [-0.1, -0.05) is 127 Å². The predicted octanol–water partition coefficient (Wildman–Crippen LogP) is 10.7. The largest absolute Gasteiger partial charge is 0.455 e. The van der Waals surface area contributed by atoms with E-state index in [1.54, 1.807) is 0 Å². The van der Waals surface area contributed by atoms with E-state index in [0.29, 0.717) is 0 Å². The van der Waals surface area contributed by atoms with Gasteiger partial charge < -0.3 is 4.42 Å². The van der Waals surface area contributed by atoms with Gasteiger partial charge in [0.25, 0.3) is 0 Å². The van der Waals surface area contributed by atoms with Gasteiger partial charge in [-0.15, -0.1) is 0 Å². The van der Waals surface area contributed by atoms with E-state index in [2.05, 4.69) is 157 Å². The number of furan rings is 1. The van der Waals surface area contributed by atoms with Crippen molar-refractivity contribution in [1.82, 2.24) is 4.98 Å². The van der Waals surface area contributed by atoms with Crippen LogP contribution < -0.4 is 0 Å². The molecule has 9 rings (SSSR count). The van der Waals surface area contributed by atoms with Gasteiger partial charge in [0.05, 0.1) is 5.41 Å². The summed E-state index contributed by atoms with van der Waals surface area (Å²) in [5, 5.41) is 2.29. The Kier molecular flexibility index (Phi) is 5.45. The maximum atomic E-state index is 6.87. The van der Waals surface area contributed by atoms with E-state index in [0.717, 1.165) is 33.1 Å². The van der Waals surface area contributed by atoms with Gasteiger partial charge in [0.2, 0.25) is 0 Å². The Balaban J connectivity index is 1.43. The monoisotopic (exact) mass is 561 g/mol. The summed E-state index contributed by atoms with van der Waals surface area (Å²) in [5.74, 6) is 0. The van der Waals surface area contributed by atoms with Crippen LogP contribution in [0.15, 0.2) is 168 Å². The third kappa shape index (κ3) is 3.46. The minimum atomic E-state index is -0.507. The molecule has 0 spiro atoms. The molecule has 2 aromatic heterocycles. The van der Waals surface area contributed by atoms with Crippen molar-refractivity contribution in [2.45, 2.75) is 5.41 Å². The molecule has 206 valence electrons. The van der Waals surface area contributed by atoms with Crippen molar-refractivity contribution in [3.05, 3.63) is 186 Å². The van der Waals surface area contributed by atoms with Gasteiger partial charge in [-0.25, -0.2) is 0 Å². The minimum absolute atomic E-state index is 0.507. The topological polar surface area (TPSA) is 26.0 Å². The van der Waals surface area contributed by atoms with Gasteiger partial charge in [0, 0.05) is 28.7 Å². The molecule has 6 aromatic carbocycles. The van der Waals surface area contributed by atoms with Gasteiger partial charge >= 0.3 is 0 Å². The average molecular weight is 562 g/mol. The molecule has 0 unspecified atom stereocenters. The predicted molar refractivity (Wildman–Crippen MR) is 180 cm³/mol. The zero-order chi connectivity index (χ0) is 29.1. The Labute approximate surface area is 255 Å². The normalized spacial score (nSPS) is 13.2. The molecule has 1 aliphatic carbocycles. The van der Waals surface area contributed by atoms with E-state index < -0.39 is 5.41 Å². The van der Waals surface area contributed by atoms with E-state index in [-0.39, 0.29) is 0 Å². The smallest absolute Gasteiger partial charge is 0.144 e. The van der Waals surface area contributed by atoms with Gasteiger partial charge in [0.15, 0.2) is 0 Å². The van der Waals surface area contributed by atoms with Crippen molar-refractivity contribution < 1.29 is 4.42 Å². The summed E-state index contributed by atoms with van der Waals surface area (Å²) in [6.07, 6.45) is 3.69. The van der Waals surface area contributed by atoms with Crippen LogP contribution in [0.25, 0.3) is 55.3 Å². The Bertz CT molecular complexity index is 2260. The molecule has 0 bridgehead atoms. The Morgan fingerprint density at radius 1 is 0.477 bits per heavy atom. The van der Waals surface area contributed by atoms with Crippen molar-refractivity contribution in [3.8, 4) is 33.4 Å². The van der Waals surface area contributed by atoms with E-state index in [4.69, 9.17) is 4.42 Å². The number of pyridine rings is 1. The van der Waals surface area contributed by atoms with Crippen LogP contribution in [0.4, 0.5) is 0 Å². The quantitative estimate of drug-likeness (QED) is 0.214. The Hall–Kier alpha value is -5.73. The molecule has 0 radical (unpaired) electrons. The van der Waals surface area contributed by atoms with Crippen LogP contribution in [0, 0.1) is 0 Å². The molecule has 0 saturated carbocycles. The second-order valence-corrected chi connectivity index (χ2v) is 11.5. The maximum absolute atomic E-state index is 6.87. The number of benzene rings is 6. The molecule has 0 atom stereocenters. The molecule has 8 aromatic rings. The standard InChI is InChI=1S/C42H27NO/c1-3-11-31(12-4-1)42(32-13-5-2-6-14-32)36-17-9-7-15-33(36)40-37(42)27-35(39-34-16-8-10-18-38(34)44-41(39)40)30-21-19-28(20-22-30)29-23-25-43-26-24-29/h1-27H. The van der Waals surface area contributed by atoms with Gasteiger partial charge in [-0.05, 0) is 74.3 Å². The molecule has 0 N–H and O–H groups in total. The SMILES string of the molecule is c1ccc(C2(c3ccccc3)c3ccccc3-c3c2cc(-c2ccc(-c4ccncc4)cc2)c2c3oc3ccccc32)cc1. The van der Waals surface area contributed by atoms with Crippen LogP contribution >= 0.6 is 0 Å². The summed E-state index contributed by atoms with van der Waals surface area (Å²) in [6, 6.07) is 54.6. The van der Waals surface area contributed by atoms with Crippen LogP contribution in [0.1, 0.15) is 22.3 Å². The van der Waals surface area contributed by atoms with Crippen molar-refractivity contribution in [3.63, 3.8) is 0 Å². The summed E-state index contributed by atoms with van der Waals surface area (Å²) >= 11 is 0. The first-order chi connectivity index (χ1) is 21.8. The van der Waals surface area contributed by atoms with Crippen LogP contribution in [0.5, 0.6) is 0 Å². The number of fused-ring (bicyclic) bond motifs is 7. The first-order valence-corrected chi connectivity index (χ1v) is 15.0. The van der Waals surface area contributed by atoms with Crippen molar-refractivity contribution >= 4 is 21.9 Å². The van der Waals surface area contributed by atoms with Crippen LogP contribution in [0.2, 0.25) is 0 Å². The summed E-state index contributed by atoms with van der Waals surface area (Å²) < 4.78 is 6.87. The molecule has 1 aliphatic rings. The number of rotatable bonds is 4. The van der Waals surface area contributed by atoms with Gasteiger partial charge in [-0.2, -0.15) is 0 Å². The van der Waals surface area contributed by atoms with Gasteiger partial charge in [0.1, 0.15) is 11.2 Å². The zero-order valence-corrected chi connectivity index (χ0v) is 23.9. The second-order valence-electron chi connectivity index (χ2n) is 11.5. The van der Waals surface area contributed by atoms with Crippen LogP contribution in [0.3, 0.4) is 0 Å². The lowest BCUT2D eigenvalue weighted by Crippen LogP contribution is -2.28. The zero-order valence-electron chi connectivity index (χ0n) is 23.9. The lowest BCUT2D eigenvalue weighted by atomic mass is 9.67. The fourth-order valence-corrected chi connectivity index (χ4v) is 7.42. The van der Waals surface area contributed by atoms with Crippen LogP contribution in [-0.2, 0) is 5.41 Å². The molecule has 0 aliphatic heterocycles. The fourth-order valence-electron chi connectivity index (χ4n) is 7.42. The van der Waals surface area contributed by atoms with Crippen molar-refractivity contribution in [1.29, 1.82) is 0 Å². The fraction of sp³-hybridized carbons (Fsp3) is 0.0238. The number of hydrogen-bond acceptors (Lipinski definition) is 2. The van der Waals surface area contributed by atoms with Crippen molar-refractivity contribution in [2.75, 3.05) is 0 Å². The third-order valence-corrected chi connectivity index (χ3v) is 9.28. The maximum Gasteiger partial charge on any atom is 0.144 e. The minimum Gasteiger partial charge on any atom is -0.455 e. The first kappa shape index (κ1) is 24.8. The first-order valence-electron chi connectivity index (χ1n) is 15.0. The molecule has 44 heavy (non-hydrogen) atoms. The summed E-state index contributed by atoms with van der Waals surface area (Å²) in [4.78, 5) is 4.20. The summed E-state index contributed by atoms with van der Waals surface area (Å²) in [6.45, 7) is 0. The second kappa shape index (κ2) is 9.65. The number of nitrogens with zero attached hydrogens (tertiary/aromatic N) is 1. The van der Waals surface area contributed by atoms with E-state index in [1.807, 2.05) is 12.4 Å². The number of para-hydroxylation sites is 1. The lowest BCUT2D eigenvalue weighted by molar-refractivity contribution is 0.669. The molecule has 0 fully saturated rings. The molecule has 0 amide bonds. The summed E-state index contributed by atoms with van der Waals surface area (Å²) in [7, 11) is 0. The van der Waals surface area contributed by atoms with Gasteiger partial charge in [-0.3, -0.25) is 4.98 Å². The third-order valence-electron chi connectivity index (χ3n) is 9.28. The molecule has 2 heteroatoms. The molecular weight excluding hydrogens is 534 g/mol. The van der Waals surface area contributed by atoms with E-state index in [1.165, 1.54) is 44.5 Å². The number of aromatic nitrogens is 1. The highest BCUT2D eigenvalue weighted by molar-refractivity contribution is 6.18. The average Bonchev–Trinajstić information content (AvgIpc) is 3.63. The lowest BCUT2D eigenvalue weighted by Gasteiger charge is -2.34. The highest BCUT2D eigenvalue weighted by Crippen LogP contribution is 2.59. The summed E-state index contributed by atoms with van der Waals surface area (Å²) in [5.41, 5.74) is 13.4.